The highest BCUT2D eigenvalue weighted by Gasteiger charge is 2.14. The van der Waals surface area contributed by atoms with Gasteiger partial charge in [0, 0.05) is 28.8 Å². The van der Waals surface area contributed by atoms with E-state index in [-0.39, 0.29) is 23.1 Å². The van der Waals surface area contributed by atoms with Gasteiger partial charge in [-0.2, -0.15) is 4.98 Å². The van der Waals surface area contributed by atoms with Gasteiger partial charge in [-0.3, -0.25) is 0 Å². The van der Waals surface area contributed by atoms with E-state index in [1.54, 1.807) is 37.3 Å². The number of carbonyl (C=O) groups is 1. The van der Waals surface area contributed by atoms with Crippen molar-refractivity contribution in [1.29, 1.82) is 0 Å². The smallest absolute Gasteiger partial charge is 0.336 e. The number of aromatic hydroxyl groups is 1. The van der Waals surface area contributed by atoms with Crippen LogP contribution in [0.4, 0.5) is 4.39 Å². The summed E-state index contributed by atoms with van der Waals surface area (Å²) in [6.45, 7) is 1.62. The van der Waals surface area contributed by atoms with E-state index in [2.05, 4.69) is 22.1 Å². The Hall–Kier alpha value is -4.83. The van der Waals surface area contributed by atoms with Crippen LogP contribution in [0.5, 0.6) is 17.5 Å². The standard InChI is InChI=1S/C27H17FN2O4/c1-15-6-11-18(12-20(15)26(32)33)34-27-29-23-13-21(22(28)14-24(23)30-27)17-9-7-16(8-10-17)19-4-2-3-5-25(19)31/h2-5,7-10,12-14,31H,1H3,(H,29,30)(H,32,33). The van der Waals surface area contributed by atoms with Gasteiger partial charge in [0.25, 0.3) is 0 Å². The molecule has 0 saturated carbocycles. The molecule has 0 amide bonds. The molecule has 0 spiro atoms. The van der Waals surface area contributed by atoms with Crippen LogP contribution >= 0.6 is 0 Å². The first-order valence-corrected chi connectivity index (χ1v) is 10.3. The third-order valence-corrected chi connectivity index (χ3v) is 5.45. The molecule has 6 nitrogen and oxygen atoms in total. The zero-order chi connectivity index (χ0) is 23.8. The molecule has 0 aliphatic rings. The second kappa shape index (κ2) is 8.26. The number of ether oxygens (including phenoxy) is 1. The maximum atomic E-state index is 14.9. The number of carboxylic acid groups (broad SMARTS) is 1. The molecule has 1 aromatic heterocycles. The van der Waals surface area contributed by atoms with Crippen molar-refractivity contribution >= 4 is 17.0 Å². The maximum Gasteiger partial charge on any atom is 0.336 e. The van der Waals surface area contributed by atoms with Crippen LogP contribution in [-0.2, 0) is 0 Å². The average molecular weight is 452 g/mol. The van der Waals surface area contributed by atoms with E-state index in [9.17, 15) is 19.4 Å². The Labute approximate surface area is 193 Å². The molecular weight excluding hydrogens is 435 g/mol. The monoisotopic (exact) mass is 452 g/mol. The molecule has 166 valence electrons. The Morgan fingerprint density at radius 1 is 1.00 bits per heavy atom. The first-order chi connectivity index (χ1) is 16.4. The third-order valence-electron chi connectivity index (χ3n) is 5.45. The number of benzene rings is 3. The SMILES string of the molecule is Cc1c#cc(Oc2nc3cc(-c4ccc(-c5ccccc5O)cc4)c(F)cc3[nH]2)cc1C(=O)O. The van der Waals surface area contributed by atoms with Gasteiger partial charge in [-0.25, -0.2) is 9.18 Å². The number of hydrogen-bond acceptors (Lipinski definition) is 4. The number of nitrogens with one attached hydrogen (secondary N) is 1. The average Bonchev–Trinajstić information content (AvgIpc) is 3.21. The number of aromatic carboxylic acids is 1. The molecule has 1 heterocycles. The Kier molecular flexibility index (Phi) is 5.11. The molecule has 0 radical (unpaired) electrons. The van der Waals surface area contributed by atoms with E-state index in [0.29, 0.717) is 33.3 Å². The van der Waals surface area contributed by atoms with Gasteiger partial charge in [0.1, 0.15) is 11.6 Å². The summed E-state index contributed by atoms with van der Waals surface area (Å²) in [6.07, 6.45) is 0. The summed E-state index contributed by atoms with van der Waals surface area (Å²) in [6, 6.07) is 24.0. The summed E-state index contributed by atoms with van der Waals surface area (Å²) in [4.78, 5) is 18.6. The predicted octanol–water partition coefficient (Wildman–Crippen LogP) is 6.14. The van der Waals surface area contributed by atoms with E-state index < -0.39 is 11.8 Å². The molecule has 0 saturated heterocycles. The number of nitrogens with zero attached hydrogens (tertiary/aromatic N) is 1. The lowest BCUT2D eigenvalue weighted by atomic mass is 9.99. The number of carboxylic acids is 1. The molecule has 0 aliphatic carbocycles. The highest BCUT2D eigenvalue weighted by atomic mass is 19.1. The van der Waals surface area contributed by atoms with Crippen LogP contribution in [0.3, 0.4) is 0 Å². The predicted molar refractivity (Wildman–Crippen MR) is 124 cm³/mol. The number of aromatic nitrogens is 2. The number of phenols is 1. The van der Waals surface area contributed by atoms with Gasteiger partial charge in [0.15, 0.2) is 5.75 Å². The lowest BCUT2D eigenvalue weighted by Gasteiger charge is -2.07. The zero-order valence-corrected chi connectivity index (χ0v) is 17.9. The number of phenolic OH excluding ortho intramolecular Hbond substituents is 1. The minimum absolute atomic E-state index is 0.0467. The molecule has 7 heteroatoms. The van der Waals surface area contributed by atoms with Crippen LogP contribution in [0.25, 0.3) is 33.3 Å². The van der Waals surface area contributed by atoms with Crippen molar-refractivity contribution in [2.24, 2.45) is 0 Å². The normalized spacial score (nSPS) is 10.8. The van der Waals surface area contributed by atoms with Gasteiger partial charge in [0.2, 0.25) is 0 Å². The molecule has 0 atom stereocenters. The Bertz CT molecular complexity index is 1540. The van der Waals surface area contributed by atoms with Crippen LogP contribution in [0.1, 0.15) is 15.9 Å². The number of halogens is 1. The second-order valence-corrected chi connectivity index (χ2v) is 7.69. The van der Waals surface area contributed by atoms with E-state index in [0.717, 1.165) is 5.56 Å². The molecular formula is C27H17FN2O4. The molecule has 0 fully saturated rings. The minimum Gasteiger partial charge on any atom is -0.507 e. The number of imidazole rings is 1. The molecule has 3 N–H and O–H groups in total. The van der Waals surface area contributed by atoms with E-state index >= 15 is 0 Å². The minimum atomic E-state index is -1.10. The van der Waals surface area contributed by atoms with Crippen molar-refractivity contribution in [3.05, 3.63) is 95.8 Å². The maximum absolute atomic E-state index is 14.9. The Balaban J connectivity index is 1.45. The molecule has 5 rings (SSSR count). The van der Waals surface area contributed by atoms with Gasteiger partial charge in [0.05, 0.1) is 16.6 Å². The van der Waals surface area contributed by atoms with Crippen molar-refractivity contribution in [2.45, 2.75) is 6.92 Å². The van der Waals surface area contributed by atoms with Crippen LogP contribution < -0.4 is 4.74 Å². The summed E-state index contributed by atoms with van der Waals surface area (Å²) in [7, 11) is 0. The summed E-state index contributed by atoms with van der Waals surface area (Å²) < 4.78 is 20.5. The highest BCUT2D eigenvalue weighted by Crippen LogP contribution is 2.33. The summed E-state index contributed by atoms with van der Waals surface area (Å²) in [5, 5.41) is 19.3. The lowest BCUT2D eigenvalue weighted by Crippen LogP contribution is -1.99. The number of para-hydroxylation sites is 1. The molecule has 0 bridgehead atoms. The van der Waals surface area contributed by atoms with E-state index in [1.165, 1.54) is 12.1 Å². The van der Waals surface area contributed by atoms with Crippen LogP contribution in [0.15, 0.2) is 66.7 Å². The number of fused-ring (bicyclic) bond motifs is 1. The molecule has 4 aromatic carbocycles. The van der Waals surface area contributed by atoms with Gasteiger partial charge < -0.3 is 19.9 Å². The number of hydrogen-bond donors (Lipinski definition) is 3. The van der Waals surface area contributed by atoms with Crippen LogP contribution in [0.2, 0.25) is 0 Å². The Morgan fingerprint density at radius 3 is 2.41 bits per heavy atom. The third kappa shape index (κ3) is 3.89. The molecule has 0 unspecified atom stereocenters. The molecule has 34 heavy (non-hydrogen) atoms. The van der Waals surface area contributed by atoms with Gasteiger partial charge in [-0.1, -0.05) is 48.5 Å². The van der Waals surface area contributed by atoms with E-state index in [4.69, 9.17) is 4.74 Å². The van der Waals surface area contributed by atoms with Gasteiger partial charge in [-0.15, -0.1) is 0 Å². The fourth-order valence-electron chi connectivity index (χ4n) is 3.70. The fraction of sp³-hybridized carbons (Fsp3) is 0.0370. The number of H-pyrrole nitrogens is 1. The quantitative estimate of drug-likeness (QED) is 0.298. The van der Waals surface area contributed by atoms with Crippen molar-refractivity contribution < 1.29 is 24.1 Å². The van der Waals surface area contributed by atoms with Gasteiger partial charge in [-0.05, 0) is 36.2 Å². The number of rotatable bonds is 5. The zero-order valence-electron chi connectivity index (χ0n) is 17.9. The second-order valence-electron chi connectivity index (χ2n) is 7.69. The highest BCUT2D eigenvalue weighted by molar-refractivity contribution is 5.89. The summed E-state index contributed by atoms with van der Waals surface area (Å²) in [5.74, 6) is -1.24. The van der Waals surface area contributed by atoms with Gasteiger partial charge >= 0.3 is 12.0 Å². The van der Waals surface area contributed by atoms with Crippen LogP contribution in [-0.4, -0.2) is 26.2 Å². The fourth-order valence-corrected chi connectivity index (χ4v) is 3.70. The molecule has 0 aliphatic heterocycles. The number of aromatic amines is 1. The first kappa shape index (κ1) is 21.0. The largest absolute Gasteiger partial charge is 0.507 e. The van der Waals surface area contributed by atoms with Crippen molar-refractivity contribution in [3.8, 4) is 39.8 Å². The first-order valence-electron chi connectivity index (χ1n) is 10.3. The summed E-state index contributed by atoms with van der Waals surface area (Å²) >= 11 is 0. The van der Waals surface area contributed by atoms with Crippen molar-refractivity contribution in [3.63, 3.8) is 0 Å². The lowest BCUT2D eigenvalue weighted by molar-refractivity contribution is 0.0695. The van der Waals surface area contributed by atoms with Crippen LogP contribution in [0, 0.1) is 24.9 Å². The van der Waals surface area contributed by atoms with Crippen molar-refractivity contribution in [1.82, 2.24) is 9.97 Å². The van der Waals surface area contributed by atoms with E-state index in [1.807, 2.05) is 24.3 Å². The topological polar surface area (TPSA) is 95.4 Å². The summed E-state index contributed by atoms with van der Waals surface area (Å²) in [5.41, 5.74) is 3.90. The molecule has 5 aromatic rings. The Morgan fingerprint density at radius 2 is 1.71 bits per heavy atom. The van der Waals surface area contributed by atoms with Crippen molar-refractivity contribution in [2.75, 3.05) is 0 Å².